The molecule has 0 unspecified atom stereocenters. The van der Waals surface area contributed by atoms with E-state index in [1.807, 2.05) is 18.2 Å². The van der Waals surface area contributed by atoms with Crippen LogP contribution in [0.1, 0.15) is 52.9 Å². The molecule has 1 aromatic heterocycles. The van der Waals surface area contributed by atoms with E-state index in [9.17, 15) is 0 Å². The molecule has 20 heavy (non-hydrogen) atoms. The fourth-order valence-electron chi connectivity index (χ4n) is 2.49. The molecule has 1 heterocycles. The predicted molar refractivity (Wildman–Crippen MR) is 80.9 cm³/mol. The monoisotopic (exact) mass is 276 g/mol. The van der Waals surface area contributed by atoms with Gasteiger partial charge in [0.05, 0.1) is 0 Å². The van der Waals surface area contributed by atoms with Crippen molar-refractivity contribution in [2.45, 2.75) is 65.5 Å². The molecule has 110 valence electrons. The van der Waals surface area contributed by atoms with Crippen LogP contribution in [-0.2, 0) is 6.54 Å². The zero-order valence-electron chi connectivity index (χ0n) is 12.9. The van der Waals surface area contributed by atoms with Gasteiger partial charge in [-0.25, -0.2) is 0 Å². The summed E-state index contributed by atoms with van der Waals surface area (Å²) in [6.45, 7) is 7.33. The Balaban J connectivity index is 2.01. The van der Waals surface area contributed by atoms with Crippen LogP contribution in [0.2, 0.25) is 0 Å². The van der Waals surface area contributed by atoms with Crippen molar-refractivity contribution in [1.29, 1.82) is 0 Å². The first kappa shape index (κ1) is 14.9. The van der Waals surface area contributed by atoms with Crippen molar-refractivity contribution in [2.75, 3.05) is 0 Å². The summed E-state index contributed by atoms with van der Waals surface area (Å²) in [5.74, 6) is 0. The Hall–Kier alpha value is -1.51. The van der Waals surface area contributed by atoms with Crippen LogP contribution in [0.5, 0.6) is 6.08 Å². The van der Waals surface area contributed by atoms with Crippen molar-refractivity contribution in [1.82, 2.24) is 0 Å². The van der Waals surface area contributed by atoms with Gasteiger partial charge in [-0.3, -0.25) is 0 Å². The van der Waals surface area contributed by atoms with E-state index in [0.717, 1.165) is 24.1 Å². The summed E-state index contributed by atoms with van der Waals surface area (Å²) < 4.78 is 13.9. The number of ether oxygens (including phenoxy) is 1. The molecule has 0 bridgehead atoms. The number of hydrogen-bond acceptors (Lipinski definition) is 2. The maximum Gasteiger partial charge on any atom is 0.561 e. The third kappa shape index (κ3) is 3.53. The maximum absolute atomic E-state index is 6.00. The van der Waals surface area contributed by atoms with Crippen molar-refractivity contribution in [2.24, 2.45) is 0 Å². The summed E-state index contributed by atoms with van der Waals surface area (Å²) in [5.41, 5.74) is 1.99. The molecule has 0 aliphatic carbocycles. The van der Waals surface area contributed by atoms with Crippen LogP contribution in [0.15, 0.2) is 28.7 Å². The largest absolute Gasteiger partial charge is 0.561 e. The fraction of sp³-hybridized carbons (Fsp3) is 0.588. The van der Waals surface area contributed by atoms with Crippen molar-refractivity contribution in [3.8, 4) is 6.08 Å². The summed E-state index contributed by atoms with van der Waals surface area (Å²) in [5, 5.41) is 0. The van der Waals surface area contributed by atoms with Gasteiger partial charge in [-0.2, -0.15) is 0 Å². The molecule has 0 N–H and O–H groups in total. The van der Waals surface area contributed by atoms with Gasteiger partial charge in [0.2, 0.25) is 5.58 Å². The van der Waals surface area contributed by atoms with Crippen LogP contribution in [0, 0.1) is 0 Å². The lowest BCUT2D eigenvalue weighted by atomic mass is 10.1. The Bertz CT molecular complexity index is 533. The van der Waals surface area contributed by atoms with E-state index < -0.39 is 0 Å². The molecule has 0 radical (unpaired) electrons. The zero-order valence-corrected chi connectivity index (χ0v) is 12.9. The van der Waals surface area contributed by atoms with Gasteiger partial charge in [0.15, 0.2) is 6.54 Å². The van der Waals surface area contributed by atoms with Crippen LogP contribution in [-0.4, -0.2) is 6.10 Å². The second-order valence-corrected chi connectivity index (χ2v) is 5.36. The van der Waals surface area contributed by atoms with E-state index >= 15 is 0 Å². The van der Waals surface area contributed by atoms with E-state index in [4.69, 9.17) is 9.15 Å². The van der Waals surface area contributed by atoms with Gasteiger partial charge in [0.25, 0.3) is 5.52 Å². The van der Waals surface area contributed by atoms with E-state index in [0.29, 0.717) is 6.08 Å². The van der Waals surface area contributed by atoms with E-state index in [1.165, 1.54) is 25.7 Å². The summed E-state index contributed by atoms with van der Waals surface area (Å²) in [6, 6.07) is 8.08. The minimum absolute atomic E-state index is 0.199. The fourth-order valence-corrected chi connectivity index (χ4v) is 2.49. The van der Waals surface area contributed by atoms with Crippen molar-refractivity contribution in [3.63, 3.8) is 0 Å². The van der Waals surface area contributed by atoms with Crippen LogP contribution >= 0.6 is 0 Å². The highest BCUT2D eigenvalue weighted by atomic mass is 16.6. The molecule has 1 aromatic carbocycles. The Morgan fingerprint density at radius 1 is 1.15 bits per heavy atom. The molecule has 0 saturated heterocycles. The summed E-state index contributed by atoms with van der Waals surface area (Å²) >= 11 is 0. The lowest BCUT2D eigenvalue weighted by molar-refractivity contribution is -0.679. The van der Waals surface area contributed by atoms with E-state index in [1.54, 1.807) is 0 Å². The highest BCUT2D eigenvalue weighted by Gasteiger charge is 2.24. The lowest BCUT2D eigenvalue weighted by Crippen LogP contribution is -2.34. The minimum atomic E-state index is 0.199. The Labute approximate surface area is 121 Å². The summed E-state index contributed by atoms with van der Waals surface area (Å²) in [4.78, 5) is 0. The third-order valence-electron chi connectivity index (χ3n) is 3.66. The van der Waals surface area contributed by atoms with Crippen LogP contribution in [0.3, 0.4) is 0 Å². The summed E-state index contributed by atoms with van der Waals surface area (Å²) in [6.07, 6.45) is 7.02. The van der Waals surface area contributed by atoms with Gasteiger partial charge in [-0.05, 0) is 32.8 Å². The number of para-hydroxylation sites is 2. The SMILES string of the molecule is CCCCCC[C@@H](C)Oc1oc2ccccc2[n+]1CC. The topological polar surface area (TPSA) is 26.2 Å². The van der Waals surface area contributed by atoms with Crippen molar-refractivity contribution < 1.29 is 13.7 Å². The van der Waals surface area contributed by atoms with Crippen LogP contribution in [0.25, 0.3) is 11.1 Å². The first-order valence-corrected chi connectivity index (χ1v) is 7.84. The minimum Gasteiger partial charge on any atom is -0.411 e. The Kier molecular flexibility index (Phi) is 5.45. The number of aryl methyl sites for hydroxylation is 1. The normalized spacial score (nSPS) is 12.8. The number of nitrogens with zero attached hydrogens (tertiary/aromatic N) is 1. The highest BCUT2D eigenvalue weighted by Crippen LogP contribution is 2.20. The number of fused-ring (bicyclic) bond motifs is 1. The number of oxazole rings is 1. The first-order chi connectivity index (χ1) is 9.76. The highest BCUT2D eigenvalue weighted by molar-refractivity contribution is 5.68. The molecule has 0 spiro atoms. The standard InChI is InChI=1S/C17H26NO2/c1-4-6-7-8-11-14(3)19-17-18(5-2)15-12-9-10-13-16(15)20-17/h9-10,12-14H,4-8,11H2,1-3H3/q+1/t14-/m1/s1. The van der Waals surface area contributed by atoms with Gasteiger partial charge in [0.1, 0.15) is 6.10 Å². The second-order valence-electron chi connectivity index (χ2n) is 5.36. The number of rotatable bonds is 8. The molecule has 2 rings (SSSR count). The van der Waals surface area contributed by atoms with Crippen LogP contribution in [0.4, 0.5) is 0 Å². The molecular weight excluding hydrogens is 250 g/mol. The Morgan fingerprint density at radius 3 is 2.70 bits per heavy atom. The van der Waals surface area contributed by atoms with E-state index in [-0.39, 0.29) is 6.10 Å². The molecule has 0 aliphatic rings. The average molecular weight is 276 g/mol. The van der Waals surface area contributed by atoms with Gasteiger partial charge >= 0.3 is 6.08 Å². The quantitative estimate of drug-likeness (QED) is 0.525. The first-order valence-electron chi connectivity index (χ1n) is 7.84. The second kappa shape index (κ2) is 7.32. The third-order valence-corrected chi connectivity index (χ3v) is 3.66. The maximum atomic E-state index is 6.00. The molecule has 3 heteroatoms. The number of benzene rings is 1. The summed E-state index contributed by atoms with van der Waals surface area (Å²) in [7, 11) is 0. The van der Waals surface area contributed by atoms with E-state index in [2.05, 4.69) is 31.4 Å². The van der Waals surface area contributed by atoms with Crippen molar-refractivity contribution in [3.05, 3.63) is 24.3 Å². The van der Waals surface area contributed by atoms with Gasteiger partial charge < -0.3 is 9.15 Å². The number of hydrogen-bond donors (Lipinski definition) is 0. The number of aromatic nitrogens is 1. The molecule has 0 saturated carbocycles. The van der Waals surface area contributed by atoms with Gasteiger partial charge in [-0.1, -0.05) is 38.3 Å². The lowest BCUT2D eigenvalue weighted by Gasteiger charge is -2.09. The van der Waals surface area contributed by atoms with Crippen molar-refractivity contribution >= 4 is 11.1 Å². The predicted octanol–water partition coefficient (Wildman–Crippen LogP) is 4.48. The number of unbranched alkanes of at least 4 members (excludes halogenated alkanes) is 3. The molecule has 2 aromatic rings. The van der Waals surface area contributed by atoms with Gasteiger partial charge in [-0.15, -0.1) is 4.57 Å². The zero-order chi connectivity index (χ0) is 14.4. The Morgan fingerprint density at radius 2 is 1.95 bits per heavy atom. The molecule has 0 amide bonds. The molecule has 3 nitrogen and oxygen atoms in total. The van der Waals surface area contributed by atoms with Gasteiger partial charge in [0, 0.05) is 6.07 Å². The molecule has 1 atom stereocenters. The smallest absolute Gasteiger partial charge is 0.411 e. The van der Waals surface area contributed by atoms with Crippen LogP contribution < -0.4 is 9.30 Å². The molecular formula is C17H26NO2+. The molecule has 0 fully saturated rings. The average Bonchev–Trinajstić information content (AvgIpc) is 2.80. The molecule has 0 aliphatic heterocycles.